The average Bonchev–Trinajstić information content (AvgIpc) is 2.82. The maximum atomic E-state index is 11.9. The Hall–Kier alpha value is -1.61. The average molecular weight is 366 g/mol. The minimum absolute atomic E-state index is 0.121. The van der Waals surface area contributed by atoms with E-state index in [4.69, 9.17) is 10.3 Å². The highest BCUT2D eigenvalue weighted by Crippen LogP contribution is 2.27. The highest BCUT2D eigenvalue weighted by molar-refractivity contribution is 9.10. The van der Waals surface area contributed by atoms with Crippen molar-refractivity contribution in [3.63, 3.8) is 0 Å². The minimum atomic E-state index is -4.34. The summed E-state index contributed by atoms with van der Waals surface area (Å²) in [7, 11) is 0. The molecule has 2 aromatic rings. The minimum Gasteiger partial charge on any atom is -0.398 e. The van der Waals surface area contributed by atoms with Gasteiger partial charge in [-0.05, 0) is 18.2 Å². The second-order valence-corrected chi connectivity index (χ2v) is 5.08. The van der Waals surface area contributed by atoms with Crippen LogP contribution in [0.5, 0.6) is 0 Å². The van der Waals surface area contributed by atoms with Gasteiger partial charge >= 0.3 is 6.18 Å². The second kappa shape index (κ2) is 6.44. The molecular weight excluding hydrogens is 355 g/mol. The number of halogens is 4. The lowest BCUT2D eigenvalue weighted by Crippen LogP contribution is -2.18. The van der Waals surface area contributed by atoms with Crippen LogP contribution in [0.15, 0.2) is 27.2 Å². The molecule has 0 aliphatic heterocycles. The van der Waals surface area contributed by atoms with E-state index < -0.39 is 12.8 Å². The SMILES string of the molecule is Nc1cc(Br)ccc1-c1nc(CCOCC(F)(F)F)no1. The summed E-state index contributed by atoms with van der Waals surface area (Å²) in [6.45, 7) is -1.44. The Labute approximate surface area is 126 Å². The van der Waals surface area contributed by atoms with Gasteiger partial charge in [0.2, 0.25) is 0 Å². The molecule has 5 nitrogen and oxygen atoms in total. The summed E-state index contributed by atoms with van der Waals surface area (Å²) in [6, 6.07) is 5.16. The first-order chi connectivity index (χ1) is 9.85. The van der Waals surface area contributed by atoms with E-state index in [1.54, 1.807) is 18.2 Å². The van der Waals surface area contributed by atoms with E-state index in [0.717, 1.165) is 4.47 Å². The maximum absolute atomic E-state index is 11.9. The van der Waals surface area contributed by atoms with Crippen LogP contribution in [0.4, 0.5) is 18.9 Å². The number of alkyl halides is 3. The predicted octanol–water partition coefficient (Wildman–Crippen LogP) is 3.20. The van der Waals surface area contributed by atoms with Crippen molar-refractivity contribution in [3.05, 3.63) is 28.5 Å². The summed E-state index contributed by atoms with van der Waals surface area (Å²) in [6.07, 6.45) is -4.22. The van der Waals surface area contributed by atoms with Gasteiger partial charge in [-0.1, -0.05) is 21.1 Å². The van der Waals surface area contributed by atoms with Crippen LogP contribution in [0.25, 0.3) is 11.5 Å². The van der Waals surface area contributed by atoms with Gasteiger partial charge < -0.3 is 15.0 Å². The Morgan fingerprint density at radius 1 is 1.33 bits per heavy atom. The highest BCUT2D eigenvalue weighted by atomic mass is 79.9. The number of nitrogens with zero attached hydrogens (tertiary/aromatic N) is 2. The summed E-state index contributed by atoms with van der Waals surface area (Å²) in [4.78, 5) is 4.07. The van der Waals surface area contributed by atoms with Gasteiger partial charge in [0.15, 0.2) is 5.82 Å². The number of nitrogens with two attached hydrogens (primary N) is 1. The molecule has 0 fully saturated rings. The van der Waals surface area contributed by atoms with E-state index in [1.807, 2.05) is 0 Å². The first-order valence-electron chi connectivity index (χ1n) is 5.87. The number of aromatic nitrogens is 2. The molecule has 0 saturated carbocycles. The van der Waals surface area contributed by atoms with Crippen molar-refractivity contribution < 1.29 is 22.4 Å². The van der Waals surface area contributed by atoms with E-state index in [9.17, 15) is 13.2 Å². The lowest BCUT2D eigenvalue weighted by atomic mass is 10.2. The monoisotopic (exact) mass is 365 g/mol. The van der Waals surface area contributed by atoms with Crippen LogP contribution in [-0.4, -0.2) is 29.5 Å². The summed E-state index contributed by atoms with van der Waals surface area (Å²) in [5.74, 6) is 0.473. The normalized spacial score (nSPS) is 11.8. The van der Waals surface area contributed by atoms with E-state index in [1.165, 1.54) is 0 Å². The van der Waals surface area contributed by atoms with Gasteiger partial charge in [0.05, 0.1) is 12.2 Å². The van der Waals surface area contributed by atoms with Gasteiger partial charge in [-0.15, -0.1) is 0 Å². The zero-order chi connectivity index (χ0) is 15.5. The molecule has 0 saturated heterocycles. The molecule has 0 atom stereocenters. The third-order valence-corrected chi connectivity index (χ3v) is 2.94. The van der Waals surface area contributed by atoms with Gasteiger partial charge in [-0.3, -0.25) is 0 Å². The van der Waals surface area contributed by atoms with Crippen LogP contribution in [0.2, 0.25) is 0 Å². The summed E-state index contributed by atoms with van der Waals surface area (Å²) >= 11 is 3.28. The van der Waals surface area contributed by atoms with E-state index >= 15 is 0 Å². The van der Waals surface area contributed by atoms with Gasteiger partial charge in [0.1, 0.15) is 6.61 Å². The van der Waals surface area contributed by atoms with Crippen molar-refractivity contribution in [3.8, 4) is 11.5 Å². The van der Waals surface area contributed by atoms with Gasteiger partial charge in [0, 0.05) is 16.6 Å². The fourth-order valence-electron chi connectivity index (χ4n) is 1.54. The first-order valence-corrected chi connectivity index (χ1v) is 6.67. The lowest BCUT2D eigenvalue weighted by Gasteiger charge is -2.05. The number of ether oxygens (including phenoxy) is 1. The third-order valence-electron chi connectivity index (χ3n) is 2.45. The topological polar surface area (TPSA) is 74.2 Å². The summed E-state index contributed by atoms with van der Waals surface area (Å²) < 4.78 is 46.0. The Morgan fingerprint density at radius 3 is 2.76 bits per heavy atom. The molecule has 1 aromatic carbocycles. The smallest absolute Gasteiger partial charge is 0.398 e. The van der Waals surface area contributed by atoms with Crippen LogP contribution < -0.4 is 5.73 Å². The molecule has 0 unspecified atom stereocenters. The van der Waals surface area contributed by atoms with Crippen LogP contribution in [0.1, 0.15) is 5.82 Å². The number of hydrogen-bond donors (Lipinski definition) is 1. The molecule has 1 heterocycles. The first kappa shape index (κ1) is 15.8. The fraction of sp³-hybridized carbons (Fsp3) is 0.333. The Balaban J connectivity index is 1.95. The number of benzene rings is 1. The molecule has 9 heteroatoms. The number of hydrogen-bond acceptors (Lipinski definition) is 5. The van der Waals surface area contributed by atoms with Crippen molar-refractivity contribution in [2.24, 2.45) is 0 Å². The van der Waals surface area contributed by atoms with Crippen molar-refractivity contribution >= 4 is 21.6 Å². The molecule has 2 rings (SSSR count). The van der Waals surface area contributed by atoms with Gasteiger partial charge in [0.25, 0.3) is 5.89 Å². The van der Waals surface area contributed by atoms with E-state index in [2.05, 4.69) is 30.8 Å². The fourth-order valence-corrected chi connectivity index (χ4v) is 1.92. The molecule has 21 heavy (non-hydrogen) atoms. The molecule has 1 aromatic heterocycles. The second-order valence-electron chi connectivity index (χ2n) is 4.17. The predicted molar refractivity (Wildman–Crippen MR) is 72.4 cm³/mol. The zero-order valence-corrected chi connectivity index (χ0v) is 12.2. The number of rotatable bonds is 5. The summed E-state index contributed by atoms with van der Waals surface area (Å²) in [5, 5.41) is 3.68. The number of nitrogen functional groups attached to an aromatic ring is 1. The maximum Gasteiger partial charge on any atom is 0.411 e. The van der Waals surface area contributed by atoms with Gasteiger partial charge in [-0.25, -0.2) is 0 Å². The summed E-state index contributed by atoms with van der Waals surface area (Å²) in [5.41, 5.74) is 6.84. The van der Waals surface area contributed by atoms with E-state index in [-0.39, 0.29) is 24.7 Å². The zero-order valence-electron chi connectivity index (χ0n) is 10.7. The molecule has 0 aliphatic carbocycles. The van der Waals surface area contributed by atoms with Crippen molar-refractivity contribution in [1.29, 1.82) is 0 Å². The van der Waals surface area contributed by atoms with Crippen LogP contribution in [0.3, 0.4) is 0 Å². The largest absolute Gasteiger partial charge is 0.411 e. The standard InChI is InChI=1S/C12H11BrF3N3O2/c13-7-1-2-8(9(17)5-7)11-18-10(19-21-11)3-4-20-6-12(14,15)16/h1-2,5H,3-4,6,17H2. The molecule has 0 radical (unpaired) electrons. The van der Waals surface area contributed by atoms with Crippen molar-refractivity contribution in [2.75, 3.05) is 18.9 Å². The van der Waals surface area contributed by atoms with Crippen LogP contribution in [-0.2, 0) is 11.2 Å². The lowest BCUT2D eigenvalue weighted by molar-refractivity contribution is -0.173. The molecule has 0 aliphatic rings. The number of anilines is 1. The molecular formula is C12H11BrF3N3O2. The third kappa shape index (κ3) is 4.71. The van der Waals surface area contributed by atoms with Crippen LogP contribution in [0, 0.1) is 0 Å². The molecule has 2 N–H and O–H groups in total. The van der Waals surface area contributed by atoms with Crippen molar-refractivity contribution in [2.45, 2.75) is 12.6 Å². The quantitative estimate of drug-likeness (QED) is 0.650. The molecule has 114 valence electrons. The molecule has 0 bridgehead atoms. The van der Waals surface area contributed by atoms with Crippen molar-refractivity contribution in [1.82, 2.24) is 10.1 Å². The van der Waals surface area contributed by atoms with Gasteiger partial charge in [-0.2, -0.15) is 18.2 Å². The molecule has 0 amide bonds. The highest BCUT2D eigenvalue weighted by Gasteiger charge is 2.27. The van der Waals surface area contributed by atoms with E-state index in [0.29, 0.717) is 11.3 Å². The molecule has 0 spiro atoms. The Kier molecular flexibility index (Phi) is 4.84. The Morgan fingerprint density at radius 2 is 2.10 bits per heavy atom. The Bertz CT molecular complexity index is 616. The van der Waals surface area contributed by atoms with Crippen LogP contribution >= 0.6 is 15.9 Å².